The third-order valence-corrected chi connectivity index (χ3v) is 3.16. The molecule has 2 atom stereocenters. The first kappa shape index (κ1) is 5.69. The second-order valence-electron chi connectivity index (χ2n) is 3.44. The largest absolute Gasteiger partial charge is 0.392 e. The molecule has 0 saturated heterocycles. The average molecular weight is 127 g/mol. The van der Waals surface area contributed by atoms with Gasteiger partial charge in [-0.1, -0.05) is 6.42 Å². The summed E-state index contributed by atoms with van der Waals surface area (Å²) >= 11 is 0. The highest BCUT2D eigenvalue weighted by molar-refractivity contribution is 5.09. The maximum Gasteiger partial charge on any atom is 0.0626 e. The molecule has 52 valence electrons. The van der Waals surface area contributed by atoms with E-state index in [1.54, 1.807) is 0 Å². The molecule has 0 amide bonds. The molecule has 2 nitrogen and oxygen atoms in total. The average Bonchev–Trinajstić information content (AvgIpc) is 1.60. The Kier molecular flexibility index (Phi) is 0.945. The van der Waals surface area contributed by atoms with Gasteiger partial charge in [0.05, 0.1) is 6.10 Å². The summed E-state index contributed by atoms with van der Waals surface area (Å²) in [5, 5.41) is 9.31. The molecule has 0 aromatic heterocycles. The zero-order chi connectivity index (χ0) is 6.48. The van der Waals surface area contributed by atoms with Gasteiger partial charge in [-0.05, 0) is 19.3 Å². The summed E-state index contributed by atoms with van der Waals surface area (Å²) in [4.78, 5) is 0. The highest BCUT2D eigenvalue weighted by atomic mass is 16.3. The summed E-state index contributed by atoms with van der Waals surface area (Å²) in [6.45, 7) is 0. The van der Waals surface area contributed by atoms with E-state index >= 15 is 0 Å². The minimum atomic E-state index is -0.0683. The van der Waals surface area contributed by atoms with Crippen LogP contribution in [-0.4, -0.2) is 17.3 Å². The van der Waals surface area contributed by atoms with Crippen LogP contribution in [0.3, 0.4) is 0 Å². The lowest BCUT2D eigenvalue weighted by molar-refractivity contribution is -0.133. The van der Waals surface area contributed by atoms with Gasteiger partial charge in [0.2, 0.25) is 0 Å². The molecule has 0 radical (unpaired) electrons. The summed E-state index contributed by atoms with van der Waals surface area (Å²) in [5.41, 5.74) is 5.94. The number of aliphatic hydroxyl groups is 1. The maximum atomic E-state index is 9.31. The van der Waals surface area contributed by atoms with Crippen LogP contribution in [0.1, 0.15) is 25.7 Å². The molecule has 2 unspecified atom stereocenters. The summed E-state index contributed by atoms with van der Waals surface area (Å²) in [7, 11) is 0. The van der Waals surface area contributed by atoms with Crippen LogP contribution in [0.4, 0.5) is 0 Å². The molecule has 0 aromatic carbocycles. The van der Waals surface area contributed by atoms with Crippen LogP contribution in [0, 0.1) is 5.41 Å². The molecule has 2 fully saturated rings. The molecular weight excluding hydrogens is 114 g/mol. The lowest BCUT2D eigenvalue weighted by Crippen LogP contribution is -2.64. The molecule has 2 aliphatic rings. The molecule has 2 saturated carbocycles. The number of hydrogen-bond acceptors (Lipinski definition) is 2. The van der Waals surface area contributed by atoms with Gasteiger partial charge in [0.15, 0.2) is 0 Å². The maximum absolute atomic E-state index is 9.31. The van der Waals surface area contributed by atoms with E-state index in [2.05, 4.69) is 0 Å². The molecule has 0 aliphatic heterocycles. The quantitative estimate of drug-likeness (QED) is 0.490. The summed E-state index contributed by atoms with van der Waals surface area (Å²) < 4.78 is 0. The minimum absolute atomic E-state index is 0.0683. The second-order valence-corrected chi connectivity index (χ2v) is 3.44. The Morgan fingerprint density at radius 3 is 2.22 bits per heavy atom. The Morgan fingerprint density at radius 2 is 2.11 bits per heavy atom. The normalized spacial score (nSPS) is 46.0. The third kappa shape index (κ3) is 0.485. The second kappa shape index (κ2) is 1.50. The fourth-order valence-electron chi connectivity index (χ4n) is 2.09. The Balaban J connectivity index is 2.08. The van der Waals surface area contributed by atoms with Crippen molar-refractivity contribution < 1.29 is 5.11 Å². The van der Waals surface area contributed by atoms with E-state index in [-0.39, 0.29) is 11.5 Å². The van der Waals surface area contributed by atoms with Crippen molar-refractivity contribution in [2.75, 3.05) is 0 Å². The molecule has 2 rings (SSSR count). The molecule has 0 bridgehead atoms. The third-order valence-electron chi connectivity index (χ3n) is 3.16. The number of rotatable bonds is 0. The molecule has 9 heavy (non-hydrogen) atoms. The predicted octanol–water partition coefficient (Wildman–Crippen LogP) is 0.249. The molecule has 3 N–H and O–H groups in total. The number of nitrogens with two attached hydrogens (primary N) is 1. The van der Waals surface area contributed by atoms with Crippen molar-refractivity contribution in [3.8, 4) is 0 Å². The standard InChI is InChI=1S/C7H13NO/c8-5-4-6(9)7(5)2-1-3-7/h5-6,9H,1-4,8H2. The van der Waals surface area contributed by atoms with E-state index in [1.165, 1.54) is 6.42 Å². The fraction of sp³-hybridized carbons (Fsp3) is 1.00. The topological polar surface area (TPSA) is 46.2 Å². The number of hydrogen-bond donors (Lipinski definition) is 2. The summed E-state index contributed by atoms with van der Waals surface area (Å²) in [5.74, 6) is 0. The smallest absolute Gasteiger partial charge is 0.0626 e. The Morgan fingerprint density at radius 1 is 1.44 bits per heavy atom. The predicted molar refractivity (Wildman–Crippen MR) is 34.9 cm³/mol. The van der Waals surface area contributed by atoms with Crippen LogP contribution < -0.4 is 5.73 Å². The molecule has 0 aromatic rings. The van der Waals surface area contributed by atoms with Crippen molar-refractivity contribution in [1.29, 1.82) is 0 Å². The molecule has 2 heteroatoms. The van der Waals surface area contributed by atoms with Crippen LogP contribution in [0.25, 0.3) is 0 Å². The van der Waals surface area contributed by atoms with Gasteiger partial charge in [-0.15, -0.1) is 0 Å². The van der Waals surface area contributed by atoms with Gasteiger partial charge >= 0.3 is 0 Å². The van der Waals surface area contributed by atoms with Crippen LogP contribution in [0.5, 0.6) is 0 Å². The lowest BCUT2D eigenvalue weighted by atomic mass is 9.51. The van der Waals surface area contributed by atoms with Gasteiger partial charge in [0.1, 0.15) is 0 Å². The summed E-state index contributed by atoms with van der Waals surface area (Å²) in [6.07, 6.45) is 4.36. The van der Waals surface area contributed by atoms with Gasteiger partial charge in [0, 0.05) is 11.5 Å². The zero-order valence-electron chi connectivity index (χ0n) is 5.51. The van der Waals surface area contributed by atoms with Gasteiger partial charge in [-0.25, -0.2) is 0 Å². The van der Waals surface area contributed by atoms with Gasteiger partial charge in [-0.3, -0.25) is 0 Å². The highest BCUT2D eigenvalue weighted by Crippen LogP contribution is 2.54. The molecule has 1 spiro atoms. The van der Waals surface area contributed by atoms with E-state index in [0.29, 0.717) is 6.04 Å². The van der Waals surface area contributed by atoms with Crippen LogP contribution in [-0.2, 0) is 0 Å². The van der Waals surface area contributed by atoms with Crippen molar-refractivity contribution in [2.45, 2.75) is 37.8 Å². The van der Waals surface area contributed by atoms with E-state index in [1.807, 2.05) is 0 Å². The van der Waals surface area contributed by atoms with Crippen LogP contribution in [0.15, 0.2) is 0 Å². The van der Waals surface area contributed by atoms with Gasteiger partial charge in [0.25, 0.3) is 0 Å². The van der Waals surface area contributed by atoms with Crippen molar-refractivity contribution in [1.82, 2.24) is 0 Å². The van der Waals surface area contributed by atoms with Crippen molar-refractivity contribution >= 4 is 0 Å². The Hall–Kier alpha value is -0.0800. The first-order chi connectivity index (χ1) is 4.26. The van der Waals surface area contributed by atoms with Crippen molar-refractivity contribution in [3.05, 3.63) is 0 Å². The highest BCUT2D eigenvalue weighted by Gasteiger charge is 2.55. The van der Waals surface area contributed by atoms with Gasteiger partial charge in [-0.2, -0.15) is 0 Å². The zero-order valence-corrected chi connectivity index (χ0v) is 5.51. The molecule has 0 heterocycles. The Labute approximate surface area is 55.1 Å². The molecular formula is C7H13NO. The van der Waals surface area contributed by atoms with E-state index in [9.17, 15) is 5.11 Å². The van der Waals surface area contributed by atoms with E-state index in [4.69, 9.17) is 5.73 Å². The monoisotopic (exact) mass is 127 g/mol. The van der Waals surface area contributed by atoms with E-state index < -0.39 is 0 Å². The van der Waals surface area contributed by atoms with Crippen molar-refractivity contribution in [3.63, 3.8) is 0 Å². The first-order valence-electron chi connectivity index (χ1n) is 3.69. The minimum Gasteiger partial charge on any atom is -0.392 e. The SMILES string of the molecule is NC1CC(O)C12CCC2. The van der Waals surface area contributed by atoms with Crippen molar-refractivity contribution in [2.24, 2.45) is 11.1 Å². The summed E-state index contributed by atoms with van der Waals surface area (Å²) in [6, 6.07) is 0.307. The fourth-order valence-corrected chi connectivity index (χ4v) is 2.09. The van der Waals surface area contributed by atoms with Gasteiger partial charge < -0.3 is 10.8 Å². The Bertz CT molecular complexity index is 121. The molecule has 2 aliphatic carbocycles. The van der Waals surface area contributed by atoms with E-state index in [0.717, 1.165) is 19.3 Å². The van der Waals surface area contributed by atoms with Crippen LogP contribution >= 0.6 is 0 Å². The van der Waals surface area contributed by atoms with Crippen LogP contribution in [0.2, 0.25) is 0 Å². The lowest BCUT2D eigenvalue weighted by Gasteiger charge is -2.58. The number of aliphatic hydroxyl groups excluding tert-OH is 1. The first-order valence-corrected chi connectivity index (χ1v) is 3.69.